The van der Waals surface area contributed by atoms with E-state index < -0.39 is 0 Å². The van der Waals surface area contributed by atoms with Gasteiger partial charge >= 0.3 is 0 Å². The molecule has 0 spiro atoms. The Balaban J connectivity index is 2.62. The number of halogens is 2. The number of aliphatic hydroxyl groups is 1. The Morgan fingerprint density at radius 1 is 1.29 bits per heavy atom. The van der Waals surface area contributed by atoms with Gasteiger partial charge < -0.3 is 9.67 Å². The van der Waals surface area contributed by atoms with Crippen molar-refractivity contribution < 1.29 is 5.11 Å². The highest BCUT2D eigenvalue weighted by molar-refractivity contribution is 6.45. The van der Waals surface area contributed by atoms with E-state index in [4.69, 9.17) is 28.3 Å². The molecule has 1 N–H and O–H groups in total. The Hall–Kier alpha value is -0.700. The minimum absolute atomic E-state index is 0.180. The van der Waals surface area contributed by atoms with Gasteiger partial charge in [0, 0.05) is 24.7 Å². The van der Waals surface area contributed by atoms with Gasteiger partial charge in [-0.25, -0.2) is 0 Å². The minimum Gasteiger partial charge on any atom is -0.396 e. The summed E-state index contributed by atoms with van der Waals surface area (Å²) in [5, 5.41) is 11.2. The summed E-state index contributed by atoms with van der Waals surface area (Å²) in [6.07, 6.45) is 3.78. The fourth-order valence-corrected chi connectivity index (χ4v) is 2.53. The lowest BCUT2D eigenvalue weighted by atomic mass is 10.1. The molecule has 0 unspecified atom stereocenters. The van der Waals surface area contributed by atoms with E-state index in [1.165, 1.54) is 5.56 Å². The zero-order valence-corrected chi connectivity index (χ0v) is 11.2. The Morgan fingerprint density at radius 2 is 2.06 bits per heavy atom. The average molecular weight is 272 g/mol. The van der Waals surface area contributed by atoms with Crippen molar-refractivity contribution in [2.45, 2.75) is 26.3 Å². The molecule has 0 aliphatic rings. The third-order valence-electron chi connectivity index (χ3n) is 2.95. The second-order valence-corrected chi connectivity index (χ2v) is 4.82. The highest BCUT2D eigenvalue weighted by Gasteiger charge is 2.12. The summed E-state index contributed by atoms with van der Waals surface area (Å²) in [6, 6.07) is 3.85. The molecule has 0 radical (unpaired) electrons. The summed E-state index contributed by atoms with van der Waals surface area (Å²) >= 11 is 12.3. The molecule has 0 fully saturated rings. The molecule has 17 heavy (non-hydrogen) atoms. The number of hydrogen-bond acceptors (Lipinski definition) is 1. The SMILES string of the molecule is CCc1cn(CCCO)c2c(Cl)c(Cl)ccc12. The summed E-state index contributed by atoms with van der Waals surface area (Å²) in [4.78, 5) is 0. The summed E-state index contributed by atoms with van der Waals surface area (Å²) in [7, 11) is 0. The molecule has 2 aromatic rings. The van der Waals surface area contributed by atoms with Crippen molar-refractivity contribution >= 4 is 34.1 Å². The van der Waals surface area contributed by atoms with Crippen LogP contribution in [0.2, 0.25) is 10.0 Å². The molecular formula is C13H15Cl2NO. The Morgan fingerprint density at radius 3 is 2.71 bits per heavy atom. The molecule has 0 aliphatic carbocycles. The first-order chi connectivity index (χ1) is 8.19. The number of nitrogens with zero attached hydrogens (tertiary/aromatic N) is 1. The van der Waals surface area contributed by atoms with Gasteiger partial charge in [-0.1, -0.05) is 36.2 Å². The lowest BCUT2D eigenvalue weighted by Gasteiger charge is -2.06. The first-order valence-corrected chi connectivity index (χ1v) is 6.51. The first-order valence-electron chi connectivity index (χ1n) is 5.75. The van der Waals surface area contributed by atoms with Crippen LogP contribution in [0.3, 0.4) is 0 Å². The van der Waals surface area contributed by atoms with Crippen molar-refractivity contribution in [2.24, 2.45) is 0 Å². The Kier molecular flexibility index (Phi) is 3.97. The van der Waals surface area contributed by atoms with Crippen LogP contribution in [-0.2, 0) is 13.0 Å². The monoisotopic (exact) mass is 271 g/mol. The van der Waals surface area contributed by atoms with E-state index in [1.54, 1.807) is 0 Å². The predicted octanol–water partition coefficient (Wildman–Crippen LogP) is 3.89. The number of rotatable bonds is 4. The van der Waals surface area contributed by atoms with Crippen LogP contribution in [0.25, 0.3) is 10.9 Å². The normalized spacial score (nSPS) is 11.3. The highest BCUT2D eigenvalue weighted by atomic mass is 35.5. The number of hydrogen-bond donors (Lipinski definition) is 1. The molecule has 92 valence electrons. The maximum atomic E-state index is 8.92. The third-order valence-corrected chi connectivity index (χ3v) is 3.75. The molecule has 1 aromatic heterocycles. The van der Waals surface area contributed by atoms with Crippen LogP contribution >= 0.6 is 23.2 Å². The fraction of sp³-hybridized carbons (Fsp3) is 0.385. The van der Waals surface area contributed by atoms with Crippen LogP contribution in [0.15, 0.2) is 18.3 Å². The third kappa shape index (κ3) is 2.30. The topological polar surface area (TPSA) is 25.2 Å². The van der Waals surface area contributed by atoms with Gasteiger partial charge in [0.1, 0.15) is 0 Å². The molecule has 0 aliphatic heterocycles. The van der Waals surface area contributed by atoms with Gasteiger partial charge in [-0.15, -0.1) is 0 Å². The maximum Gasteiger partial charge on any atom is 0.0835 e. The van der Waals surface area contributed by atoms with Crippen molar-refractivity contribution in [1.82, 2.24) is 4.57 Å². The lowest BCUT2D eigenvalue weighted by Crippen LogP contribution is -1.98. The van der Waals surface area contributed by atoms with Crippen LogP contribution in [-0.4, -0.2) is 16.3 Å². The fourth-order valence-electron chi connectivity index (χ4n) is 2.10. The van der Waals surface area contributed by atoms with E-state index in [0.717, 1.165) is 30.3 Å². The quantitative estimate of drug-likeness (QED) is 0.897. The van der Waals surface area contributed by atoms with Gasteiger partial charge in [-0.05, 0) is 24.5 Å². The summed E-state index contributed by atoms with van der Waals surface area (Å²) < 4.78 is 2.08. The standard InChI is InChI=1S/C13H15Cl2NO/c1-2-9-8-16(6-3-7-17)13-10(9)4-5-11(14)12(13)15/h4-5,8,17H,2-3,6-7H2,1H3. The van der Waals surface area contributed by atoms with Crippen molar-refractivity contribution in [1.29, 1.82) is 0 Å². The zero-order valence-electron chi connectivity index (χ0n) is 9.71. The van der Waals surface area contributed by atoms with Gasteiger partial charge in [0.2, 0.25) is 0 Å². The number of aromatic nitrogens is 1. The molecule has 1 aromatic carbocycles. The molecule has 1 heterocycles. The van der Waals surface area contributed by atoms with Crippen molar-refractivity contribution in [3.05, 3.63) is 33.9 Å². The van der Waals surface area contributed by atoms with E-state index in [2.05, 4.69) is 17.7 Å². The van der Waals surface area contributed by atoms with E-state index in [0.29, 0.717) is 10.0 Å². The Labute approximate surface area is 111 Å². The molecule has 0 saturated carbocycles. The predicted molar refractivity (Wildman–Crippen MR) is 73.0 cm³/mol. The van der Waals surface area contributed by atoms with Crippen LogP contribution in [0, 0.1) is 0 Å². The van der Waals surface area contributed by atoms with Crippen LogP contribution < -0.4 is 0 Å². The highest BCUT2D eigenvalue weighted by Crippen LogP contribution is 2.34. The summed E-state index contributed by atoms with van der Waals surface area (Å²) in [5.41, 5.74) is 2.24. The van der Waals surface area contributed by atoms with Crippen molar-refractivity contribution in [3.63, 3.8) is 0 Å². The molecule has 4 heteroatoms. The number of aliphatic hydroxyl groups excluding tert-OH is 1. The molecule has 0 amide bonds. The lowest BCUT2D eigenvalue weighted by molar-refractivity contribution is 0.280. The molecule has 0 bridgehead atoms. The largest absolute Gasteiger partial charge is 0.396 e. The number of fused-ring (bicyclic) bond motifs is 1. The van der Waals surface area contributed by atoms with Crippen molar-refractivity contribution in [2.75, 3.05) is 6.61 Å². The van der Waals surface area contributed by atoms with Crippen LogP contribution in [0.4, 0.5) is 0 Å². The van der Waals surface area contributed by atoms with E-state index in [-0.39, 0.29) is 6.61 Å². The van der Waals surface area contributed by atoms with Gasteiger partial charge in [0.15, 0.2) is 0 Å². The van der Waals surface area contributed by atoms with Crippen LogP contribution in [0.5, 0.6) is 0 Å². The van der Waals surface area contributed by atoms with Gasteiger partial charge in [0.25, 0.3) is 0 Å². The smallest absolute Gasteiger partial charge is 0.0835 e. The molecule has 0 atom stereocenters. The minimum atomic E-state index is 0.180. The first kappa shape index (κ1) is 12.7. The van der Waals surface area contributed by atoms with Gasteiger partial charge in [-0.2, -0.15) is 0 Å². The van der Waals surface area contributed by atoms with Gasteiger partial charge in [0.05, 0.1) is 15.6 Å². The number of aryl methyl sites for hydroxylation is 2. The second kappa shape index (κ2) is 5.30. The van der Waals surface area contributed by atoms with E-state index >= 15 is 0 Å². The summed E-state index contributed by atoms with van der Waals surface area (Å²) in [6.45, 7) is 3.06. The Bertz CT molecular complexity index is 534. The van der Waals surface area contributed by atoms with E-state index in [1.807, 2.05) is 12.1 Å². The van der Waals surface area contributed by atoms with Crippen molar-refractivity contribution in [3.8, 4) is 0 Å². The number of benzene rings is 1. The average Bonchev–Trinajstić information content (AvgIpc) is 2.70. The van der Waals surface area contributed by atoms with E-state index in [9.17, 15) is 0 Å². The molecule has 2 rings (SSSR count). The summed E-state index contributed by atoms with van der Waals surface area (Å²) in [5.74, 6) is 0. The maximum absolute atomic E-state index is 8.92. The molecule has 0 saturated heterocycles. The van der Waals surface area contributed by atoms with Gasteiger partial charge in [-0.3, -0.25) is 0 Å². The zero-order chi connectivity index (χ0) is 12.4. The molecular weight excluding hydrogens is 257 g/mol. The van der Waals surface area contributed by atoms with Crippen LogP contribution in [0.1, 0.15) is 18.9 Å². The second-order valence-electron chi connectivity index (χ2n) is 4.04. The molecule has 2 nitrogen and oxygen atoms in total.